The van der Waals surface area contributed by atoms with Crippen LogP contribution in [0.2, 0.25) is 10.0 Å². The summed E-state index contributed by atoms with van der Waals surface area (Å²) in [4.78, 5) is 23.0. The van der Waals surface area contributed by atoms with Gasteiger partial charge in [0.05, 0.1) is 22.8 Å². The molecule has 1 aromatic rings. The SMILES string of the molecule is NC(c1cc(Cl)c(Cl)cc1O)C1CCN(C(=O)[C@@H]2OCC[C@@H]2O)CC1.O=C(O)C(F)(F)F. The molecule has 180 valence electrons. The lowest BCUT2D eigenvalue weighted by Crippen LogP contribution is -2.47. The van der Waals surface area contributed by atoms with Crippen molar-refractivity contribution in [2.45, 2.75) is 43.7 Å². The number of nitrogens with zero attached hydrogens (tertiary/aromatic N) is 1. The largest absolute Gasteiger partial charge is 0.508 e. The van der Waals surface area contributed by atoms with E-state index >= 15 is 0 Å². The third-order valence-electron chi connectivity index (χ3n) is 5.33. The monoisotopic (exact) mass is 502 g/mol. The van der Waals surface area contributed by atoms with Crippen LogP contribution in [0.3, 0.4) is 0 Å². The Morgan fingerprint density at radius 2 is 1.69 bits per heavy atom. The predicted molar refractivity (Wildman–Crippen MR) is 108 cm³/mol. The van der Waals surface area contributed by atoms with Crippen molar-refractivity contribution in [3.05, 3.63) is 27.7 Å². The number of nitrogens with two attached hydrogens (primary N) is 1. The van der Waals surface area contributed by atoms with Crippen molar-refractivity contribution in [3.63, 3.8) is 0 Å². The summed E-state index contributed by atoms with van der Waals surface area (Å²) in [5, 5.41) is 27.7. The molecule has 32 heavy (non-hydrogen) atoms. The maximum Gasteiger partial charge on any atom is 0.490 e. The van der Waals surface area contributed by atoms with E-state index in [4.69, 9.17) is 43.6 Å². The lowest BCUT2D eigenvalue weighted by Gasteiger charge is -2.36. The van der Waals surface area contributed by atoms with Crippen LogP contribution < -0.4 is 5.73 Å². The van der Waals surface area contributed by atoms with E-state index in [1.54, 1.807) is 11.0 Å². The first kappa shape index (κ1) is 26.5. The standard InChI is InChI=1S/C17H22Cl2N2O4.C2HF3O2/c18-11-7-10(14(23)8-12(11)19)15(20)9-1-4-21(5-2-9)17(24)16-13(22)3-6-25-16;3-2(4,5)1(6)7/h7-9,13,15-16,22-23H,1-6,20H2;(H,6,7)/t13-,15?,16+;/m0./s1. The number of hydrogen-bond acceptors (Lipinski definition) is 6. The number of phenols is 1. The highest BCUT2D eigenvalue weighted by Crippen LogP contribution is 2.38. The molecule has 2 aliphatic rings. The van der Waals surface area contributed by atoms with Crippen LogP contribution in [-0.4, -0.2) is 70.2 Å². The molecule has 0 spiro atoms. The number of alkyl halides is 3. The molecule has 2 saturated heterocycles. The Morgan fingerprint density at radius 3 is 2.16 bits per heavy atom. The predicted octanol–water partition coefficient (Wildman–Crippen LogP) is 2.72. The maximum atomic E-state index is 12.4. The number of halogens is 5. The fourth-order valence-corrected chi connectivity index (χ4v) is 3.88. The average Bonchev–Trinajstić information content (AvgIpc) is 3.15. The molecular weight excluding hydrogens is 480 g/mol. The Morgan fingerprint density at radius 1 is 1.16 bits per heavy atom. The molecular formula is C19H23Cl2F3N2O6. The number of rotatable bonds is 3. The van der Waals surface area contributed by atoms with Crippen molar-refractivity contribution in [2.24, 2.45) is 11.7 Å². The second-order valence-electron chi connectivity index (χ2n) is 7.46. The van der Waals surface area contributed by atoms with Crippen LogP contribution in [0.15, 0.2) is 12.1 Å². The van der Waals surface area contributed by atoms with Gasteiger partial charge in [-0.05, 0) is 31.2 Å². The Bertz CT molecular complexity index is 834. The number of aliphatic hydroxyl groups excluding tert-OH is 1. The van der Waals surface area contributed by atoms with Gasteiger partial charge in [0.2, 0.25) is 0 Å². The quantitative estimate of drug-likeness (QED) is 0.499. The molecule has 0 aromatic heterocycles. The molecule has 2 heterocycles. The second kappa shape index (κ2) is 10.9. The third kappa shape index (κ3) is 6.61. The van der Waals surface area contributed by atoms with Gasteiger partial charge in [0, 0.05) is 30.8 Å². The van der Waals surface area contributed by atoms with Gasteiger partial charge in [0.15, 0.2) is 6.10 Å². The van der Waals surface area contributed by atoms with Crippen molar-refractivity contribution < 1.29 is 42.8 Å². The number of benzene rings is 1. The van der Waals surface area contributed by atoms with E-state index in [1.165, 1.54) is 6.07 Å². The lowest BCUT2D eigenvalue weighted by atomic mass is 9.85. The average molecular weight is 503 g/mol. The fourth-order valence-electron chi connectivity index (χ4n) is 3.55. The number of amides is 1. The number of ether oxygens (including phenoxy) is 1. The van der Waals surface area contributed by atoms with E-state index in [9.17, 15) is 28.2 Å². The van der Waals surface area contributed by atoms with Gasteiger partial charge in [-0.25, -0.2) is 4.79 Å². The third-order valence-corrected chi connectivity index (χ3v) is 6.06. The van der Waals surface area contributed by atoms with Gasteiger partial charge in [-0.1, -0.05) is 23.2 Å². The van der Waals surface area contributed by atoms with Crippen LogP contribution in [-0.2, 0) is 14.3 Å². The smallest absolute Gasteiger partial charge is 0.490 e. The van der Waals surface area contributed by atoms with Gasteiger partial charge in [-0.2, -0.15) is 13.2 Å². The molecule has 1 aromatic carbocycles. The first-order valence-corrected chi connectivity index (χ1v) is 10.4. The minimum atomic E-state index is -5.08. The highest BCUT2D eigenvalue weighted by Gasteiger charge is 2.39. The Labute approximate surface area is 191 Å². The van der Waals surface area contributed by atoms with Gasteiger partial charge >= 0.3 is 12.1 Å². The number of aliphatic hydroxyl groups is 1. The molecule has 1 unspecified atom stereocenters. The summed E-state index contributed by atoms with van der Waals surface area (Å²) < 4.78 is 37.1. The van der Waals surface area contributed by atoms with Crippen LogP contribution in [0.1, 0.15) is 30.9 Å². The van der Waals surface area contributed by atoms with E-state index in [0.717, 1.165) is 0 Å². The molecule has 0 aliphatic carbocycles. The van der Waals surface area contributed by atoms with Crippen molar-refractivity contribution in [1.82, 2.24) is 4.90 Å². The summed E-state index contributed by atoms with van der Waals surface area (Å²) in [6, 6.07) is 2.61. The number of carboxylic acid groups (broad SMARTS) is 1. The minimum Gasteiger partial charge on any atom is -0.508 e. The van der Waals surface area contributed by atoms with E-state index in [0.29, 0.717) is 49.5 Å². The number of carboxylic acids is 1. The van der Waals surface area contributed by atoms with Crippen LogP contribution >= 0.6 is 23.2 Å². The van der Waals surface area contributed by atoms with E-state index in [1.807, 2.05) is 0 Å². The number of hydrogen-bond donors (Lipinski definition) is 4. The van der Waals surface area contributed by atoms with E-state index in [-0.39, 0.29) is 28.6 Å². The molecule has 1 amide bonds. The zero-order valence-corrected chi connectivity index (χ0v) is 18.2. The van der Waals surface area contributed by atoms with Crippen LogP contribution in [0.5, 0.6) is 5.75 Å². The highest BCUT2D eigenvalue weighted by molar-refractivity contribution is 6.42. The molecule has 3 atom stereocenters. The van der Waals surface area contributed by atoms with Gasteiger partial charge in [0.25, 0.3) is 5.91 Å². The Balaban J connectivity index is 0.000000451. The summed E-state index contributed by atoms with van der Waals surface area (Å²) in [7, 11) is 0. The zero-order chi connectivity index (χ0) is 24.2. The Kier molecular flexibility index (Phi) is 9.00. The molecule has 0 bridgehead atoms. The van der Waals surface area contributed by atoms with Crippen LogP contribution in [0.4, 0.5) is 13.2 Å². The van der Waals surface area contributed by atoms with E-state index in [2.05, 4.69) is 0 Å². The molecule has 8 nitrogen and oxygen atoms in total. The van der Waals surface area contributed by atoms with Crippen LogP contribution in [0.25, 0.3) is 0 Å². The van der Waals surface area contributed by atoms with Gasteiger partial charge in [0.1, 0.15) is 5.75 Å². The summed E-state index contributed by atoms with van der Waals surface area (Å²) in [5.74, 6) is -2.77. The van der Waals surface area contributed by atoms with Gasteiger partial charge in [-0.15, -0.1) is 0 Å². The van der Waals surface area contributed by atoms with Crippen molar-refractivity contribution in [3.8, 4) is 5.75 Å². The molecule has 0 saturated carbocycles. The minimum absolute atomic E-state index is 0.0304. The number of piperidine rings is 1. The fraction of sp³-hybridized carbons (Fsp3) is 0.579. The number of aliphatic carboxylic acids is 1. The molecule has 5 N–H and O–H groups in total. The molecule has 3 rings (SSSR count). The highest BCUT2D eigenvalue weighted by atomic mass is 35.5. The zero-order valence-electron chi connectivity index (χ0n) is 16.7. The van der Waals surface area contributed by atoms with Crippen molar-refractivity contribution >= 4 is 35.1 Å². The number of likely N-dealkylation sites (tertiary alicyclic amines) is 1. The lowest BCUT2D eigenvalue weighted by molar-refractivity contribution is -0.192. The molecule has 2 aliphatic heterocycles. The summed E-state index contributed by atoms with van der Waals surface area (Å²) in [5.41, 5.74) is 6.89. The van der Waals surface area contributed by atoms with Crippen molar-refractivity contribution in [2.75, 3.05) is 19.7 Å². The molecule has 13 heteroatoms. The summed E-state index contributed by atoms with van der Waals surface area (Å²) in [6.07, 6.45) is -4.65. The topological polar surface area (TPSA) is 133 Å². The number of carbonyl (C=O) groups excluding carboxylic acids is 1. The molecule has 0 radical (unpaired) electrons. The normalized spacial score (nSPS) is 22.8. The first-order valence-electron chi connectivity index (χ1n) is 9.65. The second-order valence-corrected chi connectivity index (χ2v) is 8.28. The van der Waals surface area contributed by atoms with Gasteiger partial charge in [-0.3, -0.25) is 4.79 Å². The number of phenolic OH excluding ortho intramolecular Hbond substituents is 1. The molecule has 2 fully saturated rings. The first-order chi connectivity index (χ1) is 14.8. The maximum absolute atomic E-state index is 12.4. The number of carbonyl (C=O) groups is 2. The van der Waals surface area contributed by atoms with Crippen LogP contribution in [0, 0.1) is 5.92 Å². The van der Waals surface area contributed by atoms with Gasteiger partial charge < -0.3 is 30.7 Å². The number of aromatic hydroxyl groups is 1. The Hall–Kier alpha value is -1.79. The summed E-state index contributed by atoms with van der Waals surface area (Å²) >= 11 is 11.9. The van der Waals surface area contributed by atoms with Crippen molar-refractivity contribution in [1.29, 1.82) is 0 Å². The van der Waals surface area contributed by atoms with E-state index < -0.39 is 24.4 Å². The summed E-state index contributed by atoms with van der Waals surface area (Å²) in [6.45, 7) is 1.51.